The molecular weight excluding hydrogens is 336 g/mol. The monoisotopic (exact) mass is 384 g/mol. The first kappa shape index (κ1) is 24.2. The predicted molar refractivity (Wildman–Crippen MR) is 118 cm³/mol. The Bertz CT molecular complexity index is 305. The zero-order chi connectivity index (χ0) is 19.1. The van der Waals surface area contributed by atoms with Crippen molar-refractivity contribution in [3.8, 4) is 0 Å². The molecule has 1 aliphatic heterocycles. The highest BCUT2D eigenvalue weighted by molar-refractivity contribution is 6.73. The molecule has 0 aromatic heterocycles. The maximum atomic E-state index is 6.79. The summed E-state index contributed by atoms with van der Waals surface area (Å²) in [4.78, 5) is 0. The van der Waals surface area contributed by atoms with Crippen LogP contribution in [0.1, 0.15) is 111 Å². The Hall–Kier alpha value is 0.137. The fourth-order valence-corrected chi connectivity index (χ4v) is 7.03. The minimum Gasteiger partial charge on any atom is -0.414 e. The number of epoxide rings is 1. The first-order valence-electron chi connectivity index (χ1n) is 12.0. The number of rotatable bonds is 19. The van der Waals surface area contributed by atoms with Crippen LogP contribution in [-0.4, -0.2) is 27.1 Å². The second kappa shape index (κ2) is 15.1. The molecule has 0 unspecified atom stereocenters. The molecule has 1 fully saturated rings. The molecule has 26 heavy (non-hydrogen) atoms. The first-order valence-corrected chi connectivity index (χ1v) is 14.5. The van der Waals surface area contributed by atoms with Crippen molar-refractivity contribution < 1.29 is 9.16 Å². The third-order valence-corrected chi connectivity index (χ3v) is 11.1. The van der Waals surface area contributed by atoms with E-state index in [1.165, 1.54) is 95.2 Å². The van der Waals surface area contributed by atoms with Gasteiger partial charge in [-0.25, -0.2) is 0 Å². The van der Waals surface area contributed by atoms with Crippen molar-refractivity contribution in [2.24, 2.45) is 0 Å². The molecule has 0 bridgehead atoms. The Kier molecular flexibility index (Phi) is 14.0. The maximum absolute atomic E-state index is 6.79. The minimum absolute atomic E-state index is 0.465. The van der Waals surface area contributed by atoms with E-state index in [9.17, 15) is 0 Å². The van der Waals surface area contributed by atoms with E-state index < -0.39 is 8.32 Å². The van der Waals surface area contributed by atoms with Crippen molar-refractivity contribution in [1.29, 1.82) is 0 Å². The van der Waals surface area contributed by atoms with Gasteiger partial charge in [-0.1, -0.05) is 98.3 Å². The van der Waals surface area contributed by atoms with Gasteiger partial charge in [-0.05, 0) is 24.6 Å². The Labute approximate surface area is 165 Å². The van der Waals surface area contributed by atoms with Gasteiger partial charge in [0.2, 0.25) is 0 Å². The molecule has 0 aliphatic carbocycles. The van der Waals surface area contributed by atoms with Crippen molar-refractivity contribution in [3.63, 3.8) is 0 Å². The van der Waals surface area contributed by atoms with E-state index in [4.69, 9.17) is 9.16 Å². The lowest BCUT2D eigenvalue weighted by Crippen LogP contribution is -2.40. The number of ether oxygens (including phenoxy) is 1. The molecule has 0 aromatic carbocycles. The fourth-order valence-electron chi connectivity index (χ4n) is 4.11. The lowest BCUT2D eigenvalue weighted by Gasteiger charge is -2.33. The van der Waals surface area contributed by atoms with E-state index in [0.717, 1.165) is 13.0 Å². The van der Waals surface area contributed by atoms with Gasteiger partial charge in [-0.15, -0.1) is 0 Å². The van der Waals surface area contributed by atoms with Gasteiger partial charge in [0, 0.05) is 12.5 Å². The topological polar surface area (TPSA) is 21.8 Å². The van der Waals surface area contributed by atoms with Crippen molar-refractivity contribution in [3.05, 3.63) is 0 Å². The molecule has 1 aliphatic rings. The summed E-state index contributed by atoms with van der Waals surface area (Å²) in [5, 5.41) is 0. The van der Waals surface area contributed by atoms with Crippen LogP contribution in [0, 0.1) is 0 Å². The first-order chi connectivity index (χ1) is 12.7. The molecule has 0 saturated carbocycles. The summed E-state index contributed by atoms with van der Waals surface area (Å²) in [6.45, 7) is 10.3. The summed E-state index contributed by atoms with van der Waals surface area (Å²) in [6, 6.07) is 3.79. The van der Waals surface area contributed by atoms with E-state index in [-0.39, 0.29) is 0 Å². The molecule has 0 spiro atoms. The lowest BCUT2D eigenvalue weighted by molar-refractivity contribution is 0.150. The van der Waals surface area contributed by atoms with Gasteiger partial charge in [0.1, 0.15) is 0 Å². The third-order valence-electron chi connectivity index (χ3n) is 6.41. The van der Waals surface area contributed by atoms with E-state index in [0.29, 0.717) is 12.2 Å². The van der Waals surface area contributed by atoms with Crippen LogP contribution in [-0.2, 0) is 9.16 Å². The molecule has 156 valence electrons. The highest BCUT2D eigenvalue weighted by Crippen LogP contribution is 2.29. The predicted octanol–water partition coefficient (Wildman–Crippen LogP) is 7.87. The second-order valence-corrected chi connectivity index (χ2v) is 13.2. The van der Waals surface area contributed by atoms with Gasteiger partial charge in [-0.2, -0.15) is 0 Å². The quantitative estimate of drug-likeness (QED) is 0.128. The van der Waals surface area contributed by atoms with Gasteiger partial charge in [-0.3, -0.25) is 0 Å². The van der Waals surface area contributed by atoms with Crippen molar-refractivity contribution in [2.75, 3.05) is 6.61 Å². The smallest absolute Gasteiger partial charge is 0.192 e. The molecule has 0 radical (unpaired) electrons. The van der Waals surface area contributed by atoms with Crippen LogP contribution in [0.2, 0.25) is 18.1 Å². The summed E-state index contributed by atoms with van der Waals surface area (Å²) in [5.41, 5.74) is 0. The van der Waals surface area contributed by atoms with Crippen LogP contribution >= 0.6 is 0 Å². The average Bonchev–Trinajstić information content (AvgIpc) is 3.48. The molecule has 0 N–H and O–H groups in total. The van der Waals surface area contributed by atoms with Crippen molar-refractivity contribution >= 4 is 8.32 Å². The minimum atomic E-state index is -1.48. The number of hydrogen-bond acceptors (Lipinski definition) is 2. The van der Waals surface area contributed by atoms with Crippen molar-refractivity contribution in [2.45, 2.75) is 142 Å². The summed E-state index contributed by atoms with van der Waals surface area (Å²) < 4.78 is 12.3. The number of unbranched alkanes of at least 4 members (excludes halogenated alkanes) is 10. The SMILES string of the molecule is CCCCCCCCCCCCC[C@H](C[C@H]1CO1)O[Si](CC)(CC)CC. The third kappa shape index (κ3) is 11.1. The Morgan fingerprint density at radius 2 is 1.23 bits per heavy atom. The van der Waals surface area contributed by atoms with Gasteiger partial charge in [0.05, 0.1) is 12.7 Å². The Balaban J connectivity index is 2.10. The van der Waals surface area contributed by atoms with E-state index in [1.807, 2.05) is 0 Å². The molecule has 0 amide bonds. The lowest BCUT2D eigenvalue weighted by atomic mass is 10.0. The molecule has 3 heteroatoms. The van der Waals surface area contributed by atoms with Crippen LogP contribution < -0.4 is 0 Å². The Morgan fingerprint density at radius 3 is 1.65 bits per heavy atom. The van der Waals surface area contributed by atoms with E-state index in [2.05, 4.69) is 27.7 Å². The van der Waals surface area contributed by atoms with Crippen LogP contribution in [0.4, 0.5) is 0 Å². The molecule has 1 saturated heterocycles. The molecule has 2 nitrogen and oxygen atoms in total. The summed E-state index contributed by atoms with van der Waals surface area (Å²) >= 11 is 0. The maximum Gasteiger partial charge on any atom is 0.192 e. The van der Waals surface area contributed by atoms with E-state index in [1.54, 1.807) is 0 Å². The Morgan fingerprint density at radius 1 is 0.769 bits per heavy atom. The second-order valence-electron chi connectivity index (χ2n) is 8.50. The van der Waals surface area contributed by atoms with Gasteiger partial charge in [0.15, 0.2) is 8.32 Å². The number of hydrogen-bond donors (Lipinski definition) is 0. The van der Waals surface area contributed by atoms with Gasteiger partial charge in [0.25, 0.3) is 0 Å². The molecule has 1 rings (SSSR count). The fraction of sp³-hybridized carbons (Fsp3) is 1.00. The summed E-state index contributed by atoms with van der Waals surface area (Å²) in [7, 11) is -1.48. The largest absolute Gasteiger partial charge is 0.414 e. The van der Waals surface area contributed by atoms with Crippen molar-refractivity contribution in [1.82, 2.24) is 0 Å². The highest BCUT2D eigenvalue weighted by atomic mass is 28.4. The summed E-state index contributed by atoms with van der Waals surface area (Å²) in [6.07, 6.45) is 19.0. The van der Waals surface area contributed by atoms with Crippen LogP contribution in [0.3, 0.4) is 0 Å². The van der Waals surface area contributed by atoms with Crippen LogP contribution in [0.5, 0.6) is 0 Å². The normalized spacial score (nSPS) is 18.2. The molecule has 1 heterocycles. The van der Waals surface area contributed by atoms with Crippen LogP contribution in [0.15, 0.2) is 0 Å². The zero-order valence-corrected chi connectivity index (χ0v) is 19.5. The van der Waals surface area contributed by atoms with E-state index >= 15 is 0 Å². The molecule has 2 atom stereocenters. The van der Waals surface area contributed by atoms with Gasteiger partial charge >= 0.3 is 0 Å². The molecular formula is C23H48O2Si. The highest BCUT2D eigenvalue weighted by Gasteiger charge is 2.34. The zero-order valence-electron chi connectivity index (χ0n) is 18.5. The molecule has 0 aromatic rings. The standard InChI is InChI=1S/C23H48O2Si/c1-5-9-10-11-12-13-14-15-16-17-18-19-22(20-23-21-24-23)25-26(6-2,7-3)8-4/h22-23H,5-21H2,1-4H3/t22-,23+/m1/s1. The van der Waals surface area contributed by atoms with Crippen LogP contribution in [0.25, 0.3) is 0 Å². The average molecular weight is 385 g/mol. The van der Waals surface area contributed by atoms with Gasteiger partial charge < -0.3 is 9.16 Å². The summed E-state index contributed by atoms with van der Waals surface area (Å²) in [5.74, 6) is 0.